The van der Waals surface area contributed by atoms with E-state index in [4.69, 9.17) is 0 Å². The molecular formula is C8H11ClN2. The Balaban J connectivity index is 0.000000167. The van der Waals surface area contributed by atoms with Crippen LogP contribution in [-0.4, -0.2) is 9.97 Å². The van der Waals surface area contributed by atoms with Gasteiger partial charge in [-0.15, -0.1) is 12.4 Å². The monoisotopic (exact) mass is 170 g/mol. The molecule has 2 rings (SSSR count). The Morgan fingerprint density at radius 1 is 0.545 bits per heavy atom. The average molecular weight is 171 g/mol. The molecule has 0 unspecified atom stereocenters. The van der Waals surface area contributed by atoms with Crippen molar-refractivity contribution in [1.29, 1.82) is 0 Å². The van der Waals surface area contributed by atoms with Gasteiger partial charge in [0, 0.05) is 24.8 Å². The van der Waals surface area contributed by atoms with Crippen molar-refractivity contribution in [2.75, 3.05) is 0 Å². The molecule has 0 aliphatic carbocycles. The molecule has 0 amide bonds. The van der Waals surface area contributed by atoms with Crippen molar-refractivity contribution in [1.82, 2.24) is 9.97 Å². The lowest BCUT2D eigenvalue weighted by molar-refractivity contribution is 1.41. The van der Waals surface area contributed by atoms with E-state index in [0.29, 0.717) is 0 Å². The van der Waals surface area contributed by atoms with E-state index >= 15 is 0 Å². The summed E-state index contributed by atoms with van der Waals surface area (Å²) in [5.74, 6) is 0. The van der Waals surface area contributed by atoms with Crippen LogP contribution in [0.1, 0.15) is 0 Å². The first-order chi connectivity index (χ1) is 5.00. The predicted molar refractivity (Wildman–Crippen MR) is 48.8 cm³/mol. The highest BCUT2D eigenvalue weighted by Crippen LogP contribution is 1.72. The van der Waals surface area contributed by atoms with Crippen LogP contribution in [0, 0.1) is 0 Å². The fraction of sp³-hybridized carbons (Fsp3) is 0. The molecule has 0 radical (unpaired) electrons. The van der Waals surface area contributed by atoms with Crippen LogP contribution < -0.4 is 0 Å². The van der Waals surface area contributed by atoms with Crippen molar-refractivity contribution in [2.45, 2.75) is 0 Å². The van der Waals surface area contributed by atoms with Crippen molar-refractivity contribution >= 4 is 12.4 Å². The second-order valence-corrected chi connectivity index (χ2v) is 1.77. The summed E-state index contributed by atoms with van der Waals surface area (Å²) in [5.41, 5.74) is 0. The topological polar surface area (TPSA) is 31.6 Å². The van der Waals surface area contributed by atoms with Crippen molar-refractivity contribution in [3.63, 3.8) is 0 Å². The van der Waals surface area contributed by atoms with E-state index in [1.54, 1.807) is 0 Å². The van der Waals surface area contributed by atoms with E-state index in [9.17, 15) is 0 Å². The third-order valence-corrected chi connectivity index (χ3v) is 0.992. The second kappa shape index (κ2) is 6.96. The minimum absolute atomic E-state index is 0. The summed E-state index contributed by atoms with van der Waals surface area (Å²) in [7, 11) is 0. The zero-order valence-corrected chi connectivity index (χ0v) is 6.84. The fourth-order valence-electron chi connectivity index (χ4n) is 0.556. The molecule has 2 N–H and O–H groups in total. The molecule has 2 nitrogen and oxygen atoms in total. The molecular weight excluding hydrogens is 160 g/mol. The van der Waals surface area contributed by atoms with Gasteiger partial charge in [0.2, 0.25) is 0 Å². The largest absolute Gasteiger partial charge is 0.368 e. The smallest absolute Gasteiger partial charge is 0.000496 e. The SMILES string of the molecule is Cl.c1cc[nH]c1.c1cc[nH]c1. The molecule has 3 heteroatoms. The maximum absolute atomic E-state index is 2.86. The maximum Gasteiger partial charge on any atom is 0.000496 e. The molecule has 0 bridgehead atoms. The van der Waals surface area contributed by atoms with Gasteiger partial charge in [0.05, 0.1) is 0 Å². The van der Waals surface area contributed by atoms with Gasteiger partial charge in [-0.1, -0.05) is 0 Å². The van der Waals surface area contributed by atoms with E-state index in [1.165, 1.54) is 0 Å². The minimum atomic E-state index is 0. The summed E-state index contributed by atoms with van der Waals surface area (Å²) in [6.45, 7) is 0. The summed E-state index contributed by atoms with van der Waals surface area (Å²) in [6, 6.07) is 7.78. The Morgan fingerprint density at radius 3 is 0.909 bits per heavy atom. The van der Waals surface area contributed by atoms with Gasteiger partial charge in [-0.3, -0.25) is 0 Å². The van der Waals surface area contributed by atoms with Crippen LogP contribution in [0.4, 0.5) is 0 Å². The Morgan fingerprint density at radius 2 is 0.818 bits per heavy atom. The number of hydrogen-bond acceptors (Lipinski definition) is 0. The minimum Gasteiger partial charge on any atom is -0.368 e. The molecule has 2 aromatic heterocycles. The van der Waals surface area contributed by atoms with E-state index in [0.717, 1.165) is 0 Å². The van der Waals surface area contributed by atoms with Crippen LogP contribution in [-0.2, 0) is 0 Å². The summed E-state index contributed by atoms with van der Waals surface area (Å²) in [5, 5.41) is 0. The van der Waals surface area contributed by atoms with Gasteiger partial charge < -0.3 is 9.97 Å². The van der Waals surface area contributed by atoms with Crippen LogP contribution in [0.25, 0.3) is 0 Å². The lowest BCUT2D eigenvalue weighted by atomic mass is 10.7. The third kappa shape index (κ3) is 5.30. The molecule has 0 spiro atoms. The number of aromatic amines is 2. The summed E-state index contributed by atoms with van der Waals surface area (Å²) in [4.78, 5) is 5.72. The van der Waals surface area contributed by atoms with Crippen molar-refractivity contribution in [3.8, 4) is 0 Å². The van der Waals surface area contributed by atoms with E-state index < -0.39 is 0 Å². The van der Waals surface area contributed by atoms with E-state index in [1.807, 2.05) is 49.1 Å². The predicted octanol–water partition coefficient (Wildman–Crippen LogP) is 2.45. The molecule has 11 heavy (non-hydrogen) atoms. The van der Waals surface area contributed by atoms with Crippen LogP contribution in [0.2, 0.25) is 0 Å². The highest BCUT2D eigenvalue weighted by atomic mass is 35.5. The molecule has 0 aromatic carbocycles. The summed E-state index contributed by atoms with van der Waals surface area (Å²) < 4.78 is 0. The van der Waals surface area contributed by atoms with Gasteiger partial charge in [0.15, 0.2) is 0 Å². The zero-order valence-electron chi connectivity index (χ0n) is 6.03. The van der Waals surface area contributed by atoms with Gasteiger partial charge in [0.1, 0.15) is 0 Å². The molecule has 0 aliphatic heterocycles. The Labute approximate surface area is 72.1 Å². The molecule has 0 atom stereocenters. The van der Waals surface area contributed by atoms with Gasteiger partial charge in [-0.05, 0) is 24.3 Å². The fourth-order valence-corrected chi connectivity index (χ4v) is 0.556. The molecule has 0 saturated heterocycles. The second-order valence-electron chi connectivity index (χ2n) is 1.77. The van der Waals surface area contributed by atoms with Crippen LogP contribution in [0.15, 0.2) is 49.1 Å². The quantitative estimate of drug-likeness (QED) is 0.609. The highest BCUT2D eigenvalue weighted by molar-refractivity contribution is 5.85. The molecule has 2 aromatic rings. The summed E-state index contributed by atoms with van der Waals surface area (Å²) in [6.07, 6.45) is 7.50. The van der Waals surface area contributed by atoms with Crippen molar-refractivity contribution in [3.05, 3.63) is 49.1 Å². The maximum atomic E-state index is 2.86. The normalized spacial score (nSPS) is 7.27. The number of halogens is 1. The number of aromatic nitrogens is 2. The number of H-pyrrole nitrogens is 2. The van der Waals surface area contributed by atoms with E-state index in [-0.39, 0.29) is 12.4 Å². The average Bonchev–Trinajstić information content (AvgIpc) is 2.67. The Bertz CT molecular complexity index is 151. The first-order valence-corrected chi connectivity index (χ1v) is 3.15. The number of rotatable bonds is 0. The molecule has 0 aliphatic rings. The first-order valence-electron chi connectivity index (χ1n) is 3.15. The standard InChI is InChI=1S/2C4H5N.ClH/c2*1-2-4-5-3-1;/h2*1-5H;1H. The van der Waals surface area contributed by atoms with Crippen molar-refractivity contribution < 1.29 is 0 Å². The van der Waals surface area contributed by atoms with Gasteiger partial charge >= 0.3 is 0 Å². The Hall–Kier alpha value is -1.15. The zero-order chi connectivity index (χ0) is 7.07. The first kappa shape index (κ1) is 9.85. The lowest BCUT2D eigenvalue weighted by Gasteiger charge is -1.49. The molecule has 0 fully saturated rings. The van der Waals surface area contributed by atoms with Crippen LogP contribution >= 0.6 is 12.4 Å². The molecule has 2 heterocycles. The van der Waals surface area contributed by atoms with Crippen LogP contribution in [0.5, 0.6) is 0 Å². The third-order valence-electron chi connectivity index (χ3n) is 0.992. The van der Waals surface area contributed by atoms with Gasteiger partial charge in [0.25, 0.3) is 0 Å². The molecule has 60 valence electrons. The van der Waals surface area contributed by atoms with Crippen molar-refractivity contribution in [2.24, 2.45) is 0 Å². The lowest BCUT2D eigenvalue weighted by Crippen LogP contribution is -1.38. The van der Waals surface area contributed by atoms with Gasteiger partial charge in [-0.2, -0.15) is 0 Å². The van der Waals surface area contributed by atoms with Gasteiger partial charge in [-0.25, -0.2) is 0 Å². The van der Waals surface area contributed by atoms with Crippen LogP contribution in [0.3, 0.4) is 0 Å². The number of hydrogen-bond donors (Lipinski definition) is 2. The number of nitrogens with one attached hydrogen (secondary N) is 2. The molecule has 0 saturated carbocycles. The van der Waals surface area contributed by atoms with E-state index in [2.05, 4.69) is 9.97 Å². The highest BCUT2D eigenvalue weighted by Gasteiger charge is 1.56. The summed E-state index contributed by atoms with van der Waals surface area (Å²) >= 11 is 0. The Kier molecular flexibility index (Phi) is 6.24.